The number of hydrogen-bond acceptors (Lipinski definition) is 3. The average Bonchev–Trinajstić information content (AvgIpc) is 2.80. The Balaban J connectivity index is 1.63. The van der Waals surface area contributed by atoms with Gasteiger partial charge in [-0.1, -0.05) is 54.1 Å². The van der Waals surface area contributed by atoms with Crippen LogP contribution < -0.4 is 10.1 Å². The lowest BCUT2D eigenvalue weighted by Crippen LogP contribution is -2.45. The minimum Gasteiger partial charge on any atom is -0.489 e. The fourth-order valence-corrected chi connectivity index (χ4v) is 4.17. The zero-order valence-corrected chi connectivity index (χ0v) is 18.2. The van der Waals surface area contributed by atoms with Gasteiger partial charge in [-0.2, -0.15) is 13.2 Å². The Hall–Kier alpha value is -2.54. The summed E-state index contributed by atoms with van der Waals surface area (Å²) in [6.45, 7) is 3.41. The molecule has 0 aromatic heterocycles. The molecule has 0 aliphatic carbocycles. The molecule has 3 aromatic rings. The lowest BCUT2D eigenvalue weighted by molar-refractivity contribution is -0.137. The standard InChI is InChI=1S/C25H24ClF3N2O/c26-23-11-8-20(25(27,28)29)16-22(23)24(31-14-12-30-13-15-31)19-6-9-21(10-7-19)32-17-18-4-2-1-3-5-18/h1-11,16,24,30H,12-15,17H2. The first-order chi connectivity index (χ1) is 15.4. The second kappa shape index (κ2) is 9.94. The number of hydrogen-bond donors (Lipinski definition) is 1. The Morgan fingerprint density at radius 3 is 2.28 bits per heavy atom. The van der Waals surface area contributed by atoms with Crippen LogP contribution in [0.4, 0.5) is 13.2 Å². The van der Waals surface area contributed by atoms with Crippen molar-refractivity contribution in [3.63, 3.8) is 0 Å². The number of rotatable bonds is 6. The van der Waals surface area contributed by atoms with Gasteiger partial charge in [-0.25, -0.2) is 0 Å². The van der Waals surface area contributed by atoms with Crippen LogP contribution in [0.15, 0.2) is 72.8 Å². The third kappa shape index (κ3) is 5.44. The van der Waals surface area contributed by atoms with Crippen molar-refractivity contribution in [2.75, 3.05) is 26.2 Å². The Bertz CT molecular complexity index is 1020. The Morgan fingerprint density at radius 1 is 0.938 bits per heavy atom. The van der Waals surface area contributed by atoms with Crippen LogP contribution in [0.3, 0.4) is 0 Å². The molecule has 4 rings (SSSR count). The normalized spacial score (nSPS) is 16.0. The zero-order valence-electron chi connectivity index (χ0n) is 17.4. The number of ether oxygens (including phenoxy) is 1. The van der Waals surface area contributed by atoms with E-state index in [2.05, 4.69) is 10.2 Å². The highest BCUT2D eigenvalue weighted by Crippen LogP contribution is 2.38. The van der Waals surface area contributed by atoms with Gasteiger partial charge in [0.1, 0.15) is 12.4 Å². The van der Waals surface area contributed by atoms with Crippen LogP contribution >= 0.6 is 11.6 Å². The van der Waals surface area contributed by atoms with Gasteiger partial charge < -0.3 is 10.1 Å². The predicted octanol–water partition coefficient (Wildman–Crippen LogP) is 5.93. The highest BCUT2D eigenvalue weighted by Gasteiger charge is 2.33. The number of nitrogens with one attached hydrogen (secondary N) is 1. The van der Waals surface area contributed by atoms with Crippen LogP contribution in [0.25, 0.3) is 0 Å². The van der Waals surface area contributed by atoms with E-state index >= 15 is 0 Å². The monoisotopic (exact) mass is 460 g/mol. The molecule has 3 aromatic carbocycles. The maximum absolute atomic E-state index is 13.4. The summed E-state index contributed by atoms with van der Waals surface area (Å²) < 4.78 is 46.1. The van der Waals surface area contributed by atoms with Gasteiger partial charge in [0.25, 0.3) is 0 Å². The fourth-order valence-electron chi connectivity index (χ4n) is 3.94. The van der Waals surface area contributed by atoms with Crippen molar-refractivity contribution in [3.05, 3.63) is 100 Å². The van der Waals surface area contributed by atoms with E-state index in [1.807, 2.05) is 54.6 Å². The zero-order chi connectivity index (χ0) is 22.6. The van der Waals surface area contributed by atoms with Crippen molar-refractivity contribution in [1.82, 2.24) is 10.2 Å². The predicted molar refractivity (Wildman–Crippen MR) is 120 cm³/mol. The molecular weight excluding hydrogens is 437 g/mol. The number of halogens is 4. The molecule has 1 N–H and O–H groups in total. The molecule has 168 valence electrons. The number of alkyl halides is 3. The minimum absolute atomic E-state index is 0.325. The summed E-state index contributed by atoms with van der Waals surface area (Å²) >= 11 is 6.42. The van der Waals surface area contributed by atoms with Crippen molar-refractivity contribution >= 4 is 11.6 Å². The lowest BCUT2D eigenvalue weighted by atomic mass is 9.94. The van der Waals surface area contributed by atoms with Gasteiger partial charge in [-0.3, -0.25) is 4.90 Å². The van der Waals surface area contributed by atoms with Crippen LogP contribution in [0.1, 0.15) is 28.3 Å². The van der Waals surface area contributed by atoms with E-state index in [1.54, 1.807) is 0 Å². The van der Waals surface area contributed by atoms with E-state index in [4.69, 9.17) is 16.3 Å². The van der Waals surface area contributed by atoms with Crippen molar-refractivity contribution in [2.24, 2.45) is 0 Å². The molecule has 32 heavy (non-hydrogen) atoms. The minimum atomic E-state index is -4.43. The van der Waals surface area contributed by atoms with Gasteiger partial charge in [0, 0.05) is 31.2 Å². The summed E-state index contributed by atoms with van der Waals surface area (Å²) in [5, 5.41) is 3.61. The molecular formula is C25H24ClF3N2O. The Kier molecular flexibility index (Phi) is 7.04. The maximum Gasteiger partial charge on any atom is 0.416 e. The molecule has 7 heteroatoms. The average molecular weight is 461 g/mol. The molecule has 1 aliphatic heterocycles. The van der Waals surface area contributed by atoms with Gasteiger partial charge in [0.05, 0.1) is 11.6 Å². The van der Waals surface area contributed by atoms with Crippen LogP contribution in [-0.4, -0.2) is 31.1 Å². The first-order valence-electron chi connectivity index (χ1n) is 10.5. The Labute approximate surface area is 190 Å². The number of nitrogens with zero attached hydrogens (tertiary/aromatic N) is 1. The molecule has 1 unspecified atom stereocenters. The number of piperazine rings is 1. The summed E-state index contributed by atoms with van der Waals surface area (Å²) in [4.78, 5) is 2.16. The van der Waals surface area contributed by atoms with Crippen LogP contribution in [-0.2, 0) is 12.8 Å². The molecule has 0 spiro atoms. The third-order valence-electron chi connectivity index (χ3n) is 5.58. The van der Waals surface area contributed by atoms with Gasteiger partial charge in [0.2, 0.25) is 0 Å². The van der Waals surface area contributed by atoms with Gasteiger partial charge in [-0.15, -0.1) is 0 Å². The molecule has 1 aliphatic rings. The molecule has 1 fully saturated rings. The van der Waals surface area contributed by atoms with Gasteiger partial charge >= 0.3 is 6.18 Å². The molecule has 1 atom stereocenters. The quantitative estimate of drug-likeness (QED) is 0.493. The molecule has 1 saturated heterocycles. The fraction of sp³-hybridized carbons (Fsp3) is 0.280. The highest BCUT2D eigenvalue weighted by molar-refractivity contribution is 6.31. The van der Waals surface area contributed by atoms with E-state index in [0.29, 0.717) is 36.0 Å². The van der Waals surface area contributed by atoms with Gasteiger partial charge in [-0.05, 0) is 47.0 Å². The first-order valence-corrected chi connectivity index (χ1v) is 10.9. The van der Waals surface area contributed by atoms with E-state index in [0.717, 1.165) is 30.3 Å². The van der Waals surface area contributed by atoms with E-state index in [-0.39, 0.29) is 6.04 Å². The second-order valence-corrected chi connectivity index (χ2v) is 8.17. The first kappa shape index (κ1) is 22.6. The molecule has 0 saturated carbocycles. The summed E-state index contributed by atoms with van der Waals surface area (Å²) in [6.07, 6.45) is -4.43. The van der Waals surface area contributed by atoms with Gasteiger partial charge in [0.15, 0.2) is 0 Å². The second-order valence-electron chi connectivity index (χ2n) is 7.77. The third-order valence-corrected chi connectivity index (χ3v) is 5.92. The van der Waals surface area contributed by atoms with E-state index < -0.39 is 11.7 Å². The Morgan fingerprint density at radius 2 is 1.62 bits per heavy atom. The summed E-state index contributed by atoms with van der Waals surface area (Å²) in [5.41, 5.74) is 1.70. The molecule has 1 heterocycles. The summed E-state index contributed by atoms with van der Waals surface area (Å²) in [6, 6.07) is 20.5. The summed E-state index contributed by atoms with van der Waals surface area (Å²) in [5.74, 6) is 0.701. The largest absolute Gasteiger partial charge is 0.489 e. The number of benzene rings is 3. The van der Waals surface area contributed by atoms with Crippen LogP contribution in [0, 0.1) is 0 Å². The van der Waals surface area contributed by atoms with E-state index in [9.17, 15) is 13.2 Å². The van der Waals surface area contributed by atoms with Crippen LogP contribution in [0.2, 0.25) is 5.02 Å². The molecule has 0 bridgehead atoms. The summed E-state index contributed by atoms with van der Waals surface area (Å²) in [7, 11) is 0. The van der Waals surface area contributed by atoms with Crippen molar-refractivity contribution in [2.45, 2.75) is 18.8 Å². The van der Waals surface area contributed by atoms with E-state index in [1.165, 1.54) is 12.1 Å². The van der Waals surface area contributed by atoms with Crippen molar-refractivity contribution in [3.8, 4) is 5.75 Å². The molecule has 0 amide bonds. The highest BCUT2D eigenvalue weighted by atomic mass is 35.5. The molecule has 0 radical (unpaired) electrons. The maximum atomic E-state index is 13.4. The molecule has 3 nitrogen and oxygen atoms in total. The lowest BCUT2D eigenvalue weighted by Gasteiger charge is -2.36. The van der Waals surface area contributed by atoms with Crippen LogP contribution in [0.5, 0.6) is 5.75 Å². The smallest absolute Gasteiger partial charge is 0.416 e. The topological polar surface area (TPSA) is 24.5 Å². The SMILES string of the molecule is FC(F)(F)c1ccc(Cl)c(C(c2ccc(OCc3ccccc3)cc2)N2CCNCC2)c1. The van der Waals surface area contributed by atoms with Crippen molar-refractivity contribution in [1.29, 1.82) is 0 Å². The van der Waals surface area contributed by atoms with Crippen molar-refractivity contribution < 1.29 is 17.9 Å².